The Morgan fingerprint density at radius 3 is 2.42 bits per heavy atom. The van der Waals surface area contributed by atoms with Crippen molar-refractivity contribution >= 4 is 39.1 Å². The fourth-order valence-corrected chi connectivity index (χ4v) is 5.05. The maximum absolute atomic E-state index is 6.38. The van der Waals surface area contributed by atoms with Crippen LogP contribution in [0.1, 0.15) is 56.3 Å². The summed E-state index contributed by atoms with van der Waals surface area (Å²) in [6.45, 7) is 4.61. The Balaban J connectivity index is 2.33. The first-order valence-corrected chi connectivity index (χ1v) is 8.71. The van der Waals surface area contributed by atoms with Gasteiger partial charge in [0.1, 0.15) is 0 Å². The molecule has 0 nitrogen and oxygen atoms in total. The van der Waals surface area contributed by atoms with Crippen LogP contribution in [-0.2, 0) is 0 Å². The molecule has 0 aliphatic heterocycles. The van der Waals surface area contributed by atoms with Crippen molar-refractivity contribution in [2.45, 2.75) is 50.8 Å². The Kier molecular flexibility index (Phi) is 5.25. The third-order valence-electron chi connectivity index (χ3n) is 4.18. The minimum absolute atomic E-state index is 0.302. The van der Waals surface area contributed by atoms with E-state index in [2.05, 4.69) is 29.8 Å². The number of benzene rings is 1. The summed E-state index contributed by atoms with van der Waals surface area (Å²) in [7, 11) is 0. The second-order valence-electron chi connectivity index (χ2n) is 6.20. The molecular weight excluding hydrogens is 343 g/mol. The molecule has 1 fully saturated rings. The van der Waals surface area contributed by atoms with E-state index in [4.69, 9.17) is 23.2 Å². The van der Waals surface area contributed by atoms with Crippen molar-refractivity contribution in [2.24, 2.45) is 11.3 Å². The second-order valence-corrected chi connectivity index (χ2v) is 7.96. The predicted octanol–water partition coefficient (Wildman–Crippen LogP) is 7.04. The summed E-state index contributed by atoms with van der Waals surface area (Å²) in [5, 5.41) is 1.59. The maximum atomic E-state index is 6.38. The summed E-state index contributed by atoms with van der Waals surface area (Å²) < 4.78 is 0. The first-order chi connectivity index (χ1) is 8.94. The first kappa shape index (κ1) is 15.7. The molecular formula is C16H21BrCl2. The summed E-state index contributed by atoms with van der Waals surface area (Å²) >= 11 is 16.5. The number of rotatable bonds is 4. The zero-order chi connectivity index (χ0) is 14.0. The van der Waals surface area contributed by atoms with Gasteiger partial charge in [0.15, 0.2) is 0 Å². The van der Waals surface area contributed by atoms with E-state index in [0.29, 0.717) is 16.2 Å². The summed E-state index contributed by atoms with van der Waals surface area (Å²) in [6.07, 6.45) is 6.46. The topological polar surface area (TPSA) is 0 Å². The Bertz CT molecular complexity index is 436. The maximum Gasteiger partial charge on any atom is 0.0466 e. The fraction of sp³-hybridized carbons (Fsp3) is 0.625. The second kappa shape index (κ2) is 6.37. The van der Waals surface area contributed by atoms with Gasteiger partial charge < -0.3 is 0 Å². The number of halogens is 3. The molecule has 1 aromatic rings. The van der Waals surface area contributed by atoms with Gasteiger partial charge in [-0.05, 0) is 54.4 Å². The van der Waals surface area contributed by atoms with Crippen molar-refractivity contribution < 1.29 is 0 Å². The highest BCUT2D eigenvalue weighted by Gasteiger charge is 2.41. The normalized spacial score (nSPS) is 19.9. The Hall–Kier alpha value is 0.280. The van der Waals surface area contributed by atoms with Crippen molar-refractivity contribution in [3.05, 3.63) is 33.8 Å². The Morgan fingerprint density at radius 2 is 1.84 bits per heavy atom. The van der Waals surface area contributed by atoms with Crippen molar-refractivity contribution in [1.29, 1.82) is 0 Å². The highest BCUT2D eigenvalue weighted by atomic mass is 79.9. The van der Waals surface area contributed by atoms with Gasteiger partial charge in [-0.3, -0.25) is 0 Å². The third-order valence-corrected chi connectivity index (χ3v) is 6.23. The van der Waals surface area contributed by atoms with E-state index in [-0.39, 0.29) is 0 Å². The Labute approximate surface area is 135 Å². The molecule has 1 saturated carbocycles. The smallest absolute Gasteiger partial charge is 0.0466 e. The lowest BCUT2D eigenvalue weighted by molar-refractivity contribution is 0.230. The zero-order valence-corrected chi connectivity index (χ0v) is 14.7. The van der Waals surface area contributed by atoms with Crippen LogP contribution in [0.15, 0.2) is 18.2 Å². The zero-order valence-electron chi connectivity index (χ0n) is 11.6. The van der Waals surface area contributed by atoms with Gasteiger partial charge in [-0.15, -0.1) is 0 Å². The molecule has 0 saturated heterocycles. The molecule has 0 aromatic heterocycles. The molecule has 0 amide bonds. The average Bonchev–Trinajstić information content (AvgIpc) is 2.80. The van der Waals surface area contributed by atoms with E-state index in [1.54, 1.807) is 0 Å². The molecule has 0 spiro atoms. The van der Waals surface area contributed by atoms with Gasteiger partial charge in [0.2, 0.25) is 0 Å². The third kappa shape index (κ3) is 3.49. The predicted molar refractivity (Wildman–Crippen MR) is 88.5 cm³/mol. The molecule has 1 aromatic carbocycles. The largest absolute Gasteiger partial charge is 0.0843 e. The minimum atomic E-state index is 0.302. The quantitative estimate of drug-likeness (QED) is 0.503. The molecule has 0 bridgehead atoms. The fourth-order valence-electron chi connectivity index (χ4n) is 3.49. The molecule has 0 heterocycles. The summed E-state index contributed by atoms with van der Waals surface area (Å²) in [5.74, 6) is 0.705. The number of hydrogen-bond acceptors (Lipinski definition) is 0. The highest BCUT2D eigenvalue weighted by molar-refractivity contribution is 9.09. The van der Waals surface area contributed by atoms with E-state index in [1.807, 2.05) is 18.2 Å². The van der Waals surface area contributed by atoms with Crippen molar-refractivity contribution in [1.82, 2.24) is 0 Å². The van der Waals surface area contributed by atoms with E-state index in [1.165, 1.54) is 32.1 Å². The Morgan fingerprint density at radius 1 is 1.21 bits per heavy atom. The molecule has 2 rings (SSSR count). The first-order valence-electron chi connectivity index (χ1n) is 7.04. The molecule has 1 atom stereocenters. The molecule has 1 unspecified atom stereocenters. The van der Waals surface area contributed by atoms with Gasteiger partial charge in [0.05, 0.1) is 0 Å². The van der Waals surface area contributed by atoms with Crippen LogP contribution in [0.3, 0.4) is 0 Å². The molecule has 3 heteroatoms. The van der Waals surface area contributed by atoms with Crippen LogP contribution in [0.25, 0.3) is 0 Å². The number of hydrogen-bond donors (Lipinski definition) is 0. The monoisotopic (exact) mass is 362 g/mol. The van der Waals surface area contributed by atoms with Crippen LogP contribution in [-0.4, -0.2) is 0 Å². The standard InChI is InChI=1S/C16H21BrCl2/c1-11(2)10-16(7-3-4-8-16)15(17)13-9-12(18)5-6-14(13)19/h5-6,9,11,15H,3-4,7-8,10H2,1-2H3. The number of alkyl halides is 1. The molecule has 1 aliphatic rings. The molecule has 0 N–H and O–H groups in total. The minimum Gasteiger partial charge on any atom is -0.0843 e. The van der Waals surface area contributed by atoms with Crippen LogP contribution < -0.4 is 0 Å². The van der Waals surface area contributed by atoms with E-state index in [0.717, 1.165) is 15.6 Å². The van der Waals surface area contributed by atoms with Gasteiger partial charge >= 0.3 is 0 Å². The van der Waals surface area contributed by atoms with Crippen molar-refractivity contribution in [3.63, 3.8) is 0 Å². The van der Waals surface area contributed by atoms with Crippen LogP contribution in [0, 0.1) is 11.3 Å². The van der Waals surface area contributed by atoms with E-state index in [9.17, 15) is 0 Å². The van der Waals surface area contributed by atoms with E-state index < -0.39 is 0 Å². The molecule has 19 heavy (non-hydrogen) atoms. The van der Waals surface area contributed by atoms with E-state index >= 15 is 0 Å². The van der Waals surface area contributed by atoms with Crippen LogP contribution >= 0.6 is 39.1 Å². The summed E-state index contributed by atoms with van der Waals surface area (Å²) in [4.78, 5) is 0.302. The lowest BCUT2D eigenvalue weighted by Gasteiger charge is -2.36. The summed E-state index contributed by atoms with van der Waals surface area (Å²) in [6, 6.07) is 5.78. The van der Waals surface area contributed by atoms with Crippen LogP contribution in [0.5, 0.6) is 0 Å². The van der Waals surface area contributed by atoms with Crippen molar-refractivity contribution in [2.75, 3.05) is 0 Å². The van der Waals surface area contributed by atoms with Crippen molar-refractivity contribution in [3.8, 4) is 0 Å². The summed E-state index contributed by atoms with van der Waals surface area (Å²) in [5.41, 5.74) is 1.49. The molecule has 106 valence electrons. The SMILES string of the molecule is CC(C)CC1(C(Br)c2cc(Cl)ccc2Cl)CCCC1. The highest BCUT2D eigenvalue weighted by Crippen LogP contribution is 2.56. The lowest BCUT2D eigenvalue weighted by Crippen LogP contribution is -2.24. The van der Waals surface area contributed by atoms with Gasteiger partial charge in [0, 0.05) is 14.9 Å². The van der Waals surface area contributed by atoms with Gasteiger partial charge in [-0.2, -0.15) is 0 Å². The lowest BCUT2D eigenvalue weighted by atomic mass is 9.74. The van der Waals surface area contributed by atoms with Gasteiger partial charge in [-0.1, -0.05) is 65.8 Å². The molecule has 0 radical (unpaired) electrons. The van der Waals surface area contributed by atoms with Gasteiger partial charge in [-0.25, -0.2) is 0 Å². The van der Waals surface area contributed by atoms with Crippen LogP contribution in [0.4, 0.5) is 0 Å². The molecule has 1 aliphatic carbocycles. The average molecular weight is 364 g/mol. The van der Waals surface area contributed by atoms with Crippen LogP contribution in [0.2, 0.25) is 10.0 Å². The van der Waals surface area contributed by atoms with Gasteiger partial charge in [0.25, 0.3) is 0 Å².